The Morgan fingerprint density at radius 1 is 0.478 bits per heavy atom. The molecule has 0 saturated carbocycles. The molecule has 0 atom stereocenters. The van der Waals surface area contributed by atoms with Crippen LogP contribution in [0, 0.1) is 0 Å². The van der Waals surface area contributed by atoms with Crippen LogP contribution in [0.2, 0.25) is 0 Å². The normalized spacial score (nSPS) is 10.7. The molecule has 0 spiro atoms. The molecule has 0 fully saturated rings. The van der Waals surface area contributed by atoms with Gasteiger partial charge in [0.2, 0.25) is 0 Å². The van der Waals surface area contributed by atoms with Crippen LogP contribution in [0.4, 0.5) is 0 Å². The summed E-state index contributed by atoms with van der Waals surface area (Å²) in [4.78, 5) is 0. The van der Waals surface area contributed by atoms with Gasteiger partial charge in [0.15, 0.2) is 0 Å². The molecule has 23 heavy (non-hydrogen) atoms. The maximum absolute atomic E-state index is 4.94. The first-order chi connectivity index (χ1) is 11.2. The molecule has 3 aromatic rings. The van der Waals surface area contributed by atoms with Crippen molar-refractivity contribution in [2.75, 3.05) is 0 Å². The monoisotopic (exact) mass is 471 g/mol. The summed E-state index contributed by atoms with van der Waals surface area (Å²) in [5.74, 6) is 0. The number of rotatable bonds is 3. The van der Waals surface area contributed by atoms with Crippen molar-refractivity contribution in [3.63, 3.8) is 0 Å². The molecule has 0 nitrogen and oxygen atoms in total. The maximum Gasteiger partial charge on any atom is 0.102 e. The van der Waals surface area contributed by atoms with Crippen LogP contribution in [-0.4, -0.2) is 0 Å². The molecular formula is C18H16Cl3PRh+. The second-order valence-electron chi connectivity index (χ2n) is 4.62. The largest absolute Gasteiger partial charge is 0.102 e. The van der Waals surface area contributed by atoms with E-state index >= 15 is 0 Å². The molecule has 0 heterocycles. The van der Waals surface area contributed by atoms with E-state index in [1.807, 2.05) is 0 Å². The standard InChI is InChI=1S/C18H15P.3ClH.Rh/c1-4-10-16(11-5-1)19(17-12-6-2-7-13-17)18-14-8-3-9-15-18;;;;/h1-15H;3*1H;/q;;;;+3/p-2. The zero-order valence-electron chi connectivity index (χ0n) is 12.1. The van der Waals surface area contributed by atoms with Crippen molar-refractivity contribution in [2.24, 2.45) is 0 Å². The van der Waals surface area contributed by atoms with Gasteiger partial charge in [0.25, 0.3) is 0 Å². The summed E-state index contributed by atoms with van der Waals surface area (Å²) in [6.45, 7) is 0. The summed E-state index contributed by atoms with van der Waals surface area (Å²) in [7, 11) is 13.9. The summed E-state index contributed by atoms with van der Waals surface area (Å²) in [6, 6.07) is 32.5. The molecule has 122 valence electrons. The Morgan fingerprint density at radius 2 is 0.696 bits per heavy atom. The third-order valence-corrected chi connectivity index (χ3v) is 5.92. The van der Waals surface area contributed by atoms with Gasteiger partial charge in [0, 0.05) is 0 Å². The predicted octanol–water partition coefficient (Wildman–Crippen LogP) is 5.24. The quantitative estimate of drug-likeness (QED) is 0.361. The minimum atomic E-state index is -1.66. The van der Waals surface area contributed by atoms with Crippen LogP contribution in [0.25, 0.3) is 0 Å². The van der Waals surface area contributed by atoms with Crippen molar-refractivity contribution in [1.29, 1.82) is 0 Å². The van der Waals surface area contributed by atoms with Crippen molar-refractivity contribution in [1.82, 2.24) is 0 Å². The number of halogens is 3. The smallest absolute Gasteiger partial charge is 0.0620 e. The van der Waals surface area contributed by atoms with Gasteiger partial charge in [0.1, 0.15) is 15.9 Å². The van der Waals surface area contributed by atoms with Crippen LogP contribution in [0.1, 0.15) is 0 Å². The van der Waals surface area contributed by atoms with Gasteiger partial charge in [-0.25, -0.2) is 0 Å². The molecule has 0 aliphatic rings. The predicted molar refractivity (Wildman–Crippen MR) is 104 cm³/mol. The molecule has 3 aromatic carbocycles. The Bertz CT molecular complexity index is 582. The van der Waals surface area contributed by atoms with E-state index in [0.29, 0.717) is 0 Å². The molecule has 0 bridgehead atoms. The van der Waals surface area contributed by atoms with Gasteiger partial charge in [-0.3, -0.25) is 0 Å². The third-order valence-electron chi connectivity index (χ3n) is 3.19. The first-order valence-electron chi connectivity index (χ1n) is 6.86. The fourth-order valence-corrected chi connectivity index (χ4v) is 4.89. The van der Waals surface area contributed by atoms with Crippen molar-refractivity contribution >= 4 is 52.9 Å². The zero-order valence-corrected chi connectivity index (χ0v) is 17.0. The van der Waals surface area contributed by atoms with Gasteiger partial charge < -0.3 is 0 Å². The van der Waals surface area contributed by atoms with Crippen molar-refractivity contribution in [3.05, 3.63) is 91.0 Å². The summed E-state index contributed by atoms with van der Waals surface area (Å²) >= 11 is -1.66. The summed E-state index contributed by atoms with van der Waals surface area (Å²) < 4.78 is 0. The summed E-state index contributed by atoms with van der Waals surface area (Å²) in [5.41, 5.74) is 0. The van der Waals surface area contributed by atoms with Crippen LogP contribution in [-0.2, 0) is 13.0 Å². The third kappa shape index (κ3) is 6.54. The number of hydrogen-bond acceptors (Lipinski definition) is 0. The van der Waals surface area contributed by atoms with Crippen molar-refractivity contribution < 1.29 is 13.0 Å². The summed E-state index contributed by atoms with van der Waals surface area (Å²) in [6.07, 6.45) is 0. The zero-order chi connectivity index (χ0) is 16.5. The second-order valence-corrected chi connectivity index (χ2v) is 14.6. The molecule has 0 radical (unpaired) electrons. The Kier molecular flexibility index (Phi) is 8.59. The number of hydrogen-bond donors (Lipinski definition) is 0. The van der Waals surface area contributed by atoms with Gasteiger partial charge in [-0.05, 0) is 36.4 Å². The molecule has 0 unspecified atom stereocenters. The first kappa shape index (κ1) is 18.9. The SMILES string of the molecule is [Cl][Rh]([Cl])[Cl].c1ccc([PH+](c2ccccc2)c2ccccc2)cc1. The fourth-order valence-electron chi connectivity index (χ4n) is 2.31. The Labute approximate surface area is 156 Å². The second kappa shape index (κ2) is 10.4. The van der Waals surface area contributed by atoms with Crippen LogP contribution in [0.3, 0.4) is 0 Å². The molecule has 5 heteroatoms. The van der Waals surface area contributed by atoms with Gasteiger partial charge in [-0.1, -0.05) is 54.6 Å². The van der Waals surface area contributed by atoms with Crippen molar-refractivity contribution in [2.45, 2.75) is 0 Å². The average Bonchev–Trinajstić information content (AvgIpc) is 2.58. The van der Waals surface area contributed by atoms with E-state index in [0.717, 1.165) is 0 Å². The van der Waals surface area contributed by atoms with Gasteiger partial charge in [-0.2, -0.15) is 0 Å². The van der Waals surface area contributed by atoms with E-state index in [2.05, 4.69) is 91.0 Å². The molecule has 0 aliphatic heterocycles. The van der Waals surface area contributed by atoms with E-state index in [9.17, 15) is 0 Å². The van der Waals surface area contributed by atoms with Crippen LogP contribution < -0.4 is 15.9 Å². The molecule has 3 rings (SSSR count). The molecule has 0 saturated heterocycles. The van der Waals surface area contributed by atoms with Crippen LogP contribution >= 0.6 is 37.0 Å². The Hall–Kier alpha value is -0.417. The first-order valence-corrected chi connectivity index (χ1v) is 14.7. The van der Waals surface area contributed by atoms with E-state index < -0.39 is 20.9 Å². The van der Waals surface area contributed by atoms with Crippen LogP contribution in [0.5, 0.6) is 0 Å². The molecule has 0 amide bonds. The fraction of sp³-hybridized carbons (Fsp3) is 0. The summed E-state index contributed by atoms with van der Waals surface area (Å²) in [5, 5.41) is 4.31. The molecular weight excluding hydrogens is 456 g/mol. The minimum absolute atomic E-state index is 0.877. The van der Waals surface area contributed by atoms with E-state index in [-0.39, 0.29) is 0 Å². The molecule has 0 aliphatic carbocycles. The number of benzene rings is 3. The molecule has 0 aromatic heterocycles. The van der Waals surface area contributed by atoms with Crippen LogP contribution in [0.15, 0.2) is 91.0 Å². The van der Waals surface area contributed by atoms with Gasteiger partial charge in [-0.15, -0.1) is 0 Å². The van der Waals surface area contributed by atoms with Gasteiger partial charge in [0.05, 0.1) is 7.92 Å². The Morgan fingerprint density at radius 3 is 0.913 bits per heavy atom. The maximum atomic E-state index is 4.94. The van der Waals surface area contributed by atoms with E-state index in [1.54, 1.807) is 0 Å². The average molecular weight is 473 g/mol. The van der Waals surface area contributed by atoms with Gasteiger partial charge >= 0.3 is 42.1 Å². The van der Waals surface area contributed by atoms with E-state index in [4.69, 9.17) is 29.1 Å². The minimum Gasteiger partial charge on any atom is -0.0620 e. The topological polar surface area (TPSA) is 0 Å². The van der Waals surface area contributed by atoms with Crippen molar-refractivity contribution in [3.8, 4) is 0 Å². The Balaban J connectivity index is 0.000000433. The molecule has 0 N–H and O–H groups in total. The van der Waals surface area contributed by atoms with E-state index in [1.165, 1.54) is 15.9 Å².